The van der Waals surface area contributed by atoms with Crippen LogP contribution in [0.1, 0.15) is 31.2 Å². The molecule has 2 aromatic carbocycles. The van der Waals surface area contributed by atoms with Gasteiger partial charge < -0.3 is 25.8 Å². The van der Waals surface area contributed by atoms with Gasteiger partial charge in [-0.1, -0.05) is 47.6 Å². The van der Waals surface area contributed by atoms with Gasteiger partial charge >= 0.3 is 6.03 Å². The fourth-order valence-corrected chi connectivity index (χ4v) is 7.46. The van der Waals surface area contributed by atoms with Crippen molar-refractivity contribution in [1.29, 1.82) is 0 Å². The second-order valence-electron chi connectivity index (χ2n) is 10.5. The predicted molar refractivity (Wildman–Crippen MR) is 161 cm³/mol. The number of hydrogen-bond acceptors (Lipinski definition) is 10. The molecule has 0 unspecified atom stereocenters. The van der Waals surface area contributed by atoms with E-state index in [4.69, 9.17) is 32.0 Å². The van der Waals surface area contributed by atoms with Crippen LogP contribution in [0.5, 0.6) is 0 Å². The average molecular weight is 633 g/mol. The second-order valence-corrected chi connectivity index (χ2v) is 13.6. The highest BCUT2D eigenvalue weighted by Gasteiger charge is 2.47. The number of sulfonamides is 1. The van der Waals surface area contributed by atoms with Gasteiger partial charge in [-0.2, -0.15) is 0 Å². The maximum Gasteiger partial charge on any atom is 0.333 e. The molecule has 3 heterocycles. The molecule has 5 N–H and O–H groups in total. The van der Waals surface area contributed by atoms with E-state index in [1.165, 1.54) is 23.9 Å². The first-order chi connectivity index (χ1) is 20.0. The van der Waals surface area contributed by atoms with E-state index in [0.717, 1.165) is 25.9 Å². The first kappa shape index (κ1) is 30.5. The number of aryl methyl sites for hydroxylation is 1. The summed E-state index contributed by atoms with van der Waals surface area (Å²) in [6.45, 7) is 5.70. The largest absolute Gasteiger partial charge is 0.390 e. The smallest absolute Gasteiger partial charge is 0.333 e. The Hall–Kier alpha value is -2.94. The van der Waals surface area contributed by atoms with Crippen molar-refractivity contribution in [3.8, 4) is 0 Å². The first-order valence-electron chi connectivity index (χ1n) is 13.5. The van der Waals surface area contributed by atoms with E-state index in [1.54, 1.807) is 36.4 Å². The lowest BCUT2D eigenvalue weighted by molar-refractivity contribution is 0.0973. The maximum atomic E-state index is 12.5. The van der Waals surface area contributed by atoms with Crippen LogP contribution in [0, 0.1) is 12.3 Å². The number of aliphatic hydroxyl groups excluding tert-OH is 1. The zero-order valence-electron chi connectivity index (χ0n) is 23.2. The van der Waals surface area contributed by atoms with Crippen molar-refractivity contribution in [3.05, 3.63) is 64.9 Å². The summed E-state index contributed by atoms with van der Waals surface area (Å²) in [6, 6.07) is 11.6. The molecule has 0 bridgehead atoms. The van der Waals surface area contributed by atoms with Crippen molar-refractivity contribution < 1.29 is 23.1 Å². The number of hydrogen-bond donors (Lipinski definition) is 4. The van der Waals surface area contributed by atoms with Crippen molar-refractivity contribution in [2.45, 2.75) is 60.3 Å². The molecule has 0 radical (unpaired) electrons. The quantitative estimate of drug-likeness (QED) is 0.301. The van der Waals surface area contributed by atoms with Gasteiger partial charge in [0.2, 0.25) is 0 Å². The number of aliphatic hydroxyl groups is 1. The third kappa shape index (κ3) is 6.21. The Kier molecular flexibility index (Phi) is 8.97. The standard InChI is InChI=1S/C28H33ClN6O5S2/c1-17-26(32-21(15-36)25(31-17)35-13-11-28(12-14-35)16-40-18(2)24(28)30)41-22-10-6-9-20(23(22)29)33-27(37)34-42(38,39)19-7-4-3-5-8-19/h3-10,18,24,36H,11-16,30H2,1-2H3,(H2,33,34,37)/t18-,24+/m0/s1. The lowest BCUT2D eigenvalue weighted by atomic mass is 9.73. The van der Waals surface area contributed by atoms with Gasteiger partial charge in [-0.3, -0.25) is 0 Å². The topological polar surface area (TPSA) is 160 Å². The number of benzene rings is 2. The van der Waals surface area contributed by atoms with Crippen LogP contribution in [-0.2, 0) is 21.4 Å². The molecule has 0 aliphatic carbocycles. The minimum Gasteiger partial charge on any atom is -0.390 e. The number of nitrogens with one attached hydrogen (secondary N) is 2. The van der Waals surface area contributed by atoms with Gasteiger partial charge in [-0.05, 0) is 51.0 Å². The molecule has 1 spiro atoms. The van der Waals surface area contributed by atoms with Crippen LogP contribution in [0.2, 0.25) is 5.02 Å². The molecule has 0 saturated carbocycles. The number of carbonyl (C=O) groups excluding carboxylic acids is 1. The fourth-order valence-electron chi connectivity index (χ4n) is 5.34. The second kappa shape index (κ2) is 12.3. The summed E-state index contributed by atoms with van der Waals surface area (Å²) in [5.74, 6) is 0.646. The number of nitrogens with two attached hydrogens (primary N) is 1. The number of anilines is 2. The summed E-state index contributed by atoms with van der Waals surface area (Å²) < 4.78 is 32.8. The van der Waals surface area contributed by atoms with E-state index in [-0.39, 0.29) is 39.8 Å². The van der Waals surface area contributed by atoms with Crippen molar-refractivity contribution in [3.63, 3.8) is 0 Å². The molecule has 2 atom stereocenters. The molecule has 2 amide bonds. The molecule has 3 aromatic rings. The van der Waals surface area contributed by atoms with Crippen LogP contribution in [0.25, 0.3) is 0 Å². The third-order valence-electron chi connectivity index (χ3n) is 7.83. The Bertz CT molecular complexity index is 1570. The van der Waals surface area contributed by atoms with Crippen LogP contribution in [0.15, 0.2) is 63.3 Å². The highest BCUT2D eigenvalue weighted by molar-refractivity contribution is 7.99. The van der Waals surface area contributed by atoms with Crippen LogP contribution >= 0.6 is 23.4 Å². The first-order valence-corrected chi connectivity index (χ1v) is 16.2. The zero-order valence-corrected chi connectivity index (χ0v) is 25.6. The van der Waals surface area contributed by atoms with E-state index >= 15 is 0 Å². The van der Waals surface area contributed by atoms with Crippen LogP contribution in [-0.4, -0.2) is 61.4 Å². The molecule has 5 rings (SSSR count). The third-order valence-corrected chi connectivity index (χ3v) is 10.8. The van der Waals surface area contributed by atoms with Gasteiger partial charge in [0.1, 0.15) is 10.7 Å². The van der Waals surface area contributed by atoms with Crippen LogP contribution < -0.4 is 20.7 Å². The maximum absolute atomic E-state index is 12.5. The minimum absolute atomic E-state index is 0.00194. The van der Waals surface area contributed by atoms with Gasteiger partial charge in [-0.15, -0.1) is 0 Å². The highest BCUT2D eigenvalue weighted by Crippen LogP contribution is 2.43. The van der Waals surface area contributed by atoms with Gasteiger partial charge in [0.25, 0.3) is 10.0 Å². The molecule has 2 fully saturated rings. The number of amides is 2. The predicted octanol–water partition coefficient (Wildman–Crippen LogP) is 3.92. The number of halogens is 1. The molecule has 2 saturated heterocycles. The molecule has 1 aromatic heterocycles. The van der Waals surface area contributed by atoms with E-state index in [9.17, 15) is 18.3 Å². The Morgan fingerprint density at radius 2 is 1.90 bits per heavy atom. The number of nitrogens with zero attached hydrogens (tertiary/aromatic N) is 3. The summed E-state index contributed by atoms with van der Waals surface area (Å²) in [5.41, 5.74) is 7.76. The van der Waals surface area contributed by atoms with E-state index in [2.05, 4.69) is 10.2 Å². The summed E-state index contributed by atoms with van der Waals surface area (Å²) in [6.07, 6.45) is 1.78. The van der Waals surface area contributed by atoms with Gasteiger partial charge in [0, 0.05) is 29.4 Å². The zero-order chi connectivity index (χ0) is 30.1. The number of ether oxygens (including phenoxy) is 1. The molecule has 2 aliphatic heterocycles. The summed E-state index contributed by atoms with van der Waals surface area (Å²) in [4.78, 5) is 24.7. The summed E-state index contributed by atoms with van der Waals surface area (Å²) in [7, 11) is -4.06. The monoisotopic (exact) mass is 632 g/mol. The van der Waals surface area contributed by atoms with Crippen molar-refractivity contribution in [1.82, 2.24) is 14.7 Å². The minimum atomic E-state index is -4.06. The van der Waals surface area contributed by atoms with Gasteiger partial charge in [0.05, 0.1) is 40.6 Å². The Balaban J connectivity index is 1.29. The molecular weight excluding hydrogens is 600 g/mol. The molecule has 11 nitrogen and oxygen atoms in total. The normalized spacial score (nSPS) is 20.1. The van der Waals surface area contributed by atoms with E-state index < -0.39 is 16.1 Å². The molecular formula is C28H33ClN6O5S2. The average Bonchev–Trinajstić information content (AvgIpc) is 3.25. The van der Waals surface area contributed by atoms with Crippen molar-refractivity contribution >= 4 is 50.9 Å². The van der Waals surface area contributed by atoms with Crippen LogP contribution in [0.4, 0.5) is 16.3 Å². The Morgan fingerprint density at radius 3 is 2.55 bits per heavy atom. The van der Waals surface area contributed by atoms with Crippen molar-refractivity contribution in [2.24, 2.45) is 11.1 Å². The van der Waals surface area contributed by atoms with E-state index in [1.807, 2.05) is 18.6 Å². The summed E-state index contributed by atoms with van der Waals surface area (Å²) >= 11 is 7.85. The lowest BCUT2D eigenvalue weighted by Crippen LogP contribution is -2.51. The SMILES string of the molecule is Cc1nc(N2CCC3(CC2)CO[C@@H](C)[C@H]3N)c(CO)nc1Sc1cccc(NC(=O)NS(=O)(=O)c2ccccc2)c1Cl. The van der Waals surface area contributed by atoms with Gasteiger partial charge in [0.15, 0.2) is 5.82 Å². The number of urea groups is 1. The van der Waals surface area contributed by atoms with Crippen molar-refractivity contribution in [2.75, 3.05) is 29.9 Å². The number of rotatable bonds is 7. The Labute approximate surface area is 254 Å². The Morgan fingerprint density at radius 1 is 1.19 bits per heavy atom. The summed E-state index contributed by atoms with van der Waals surface area (Å²) in [5, 5.41) is 13.4. The lowest BCUT2D eigenvalue weighted by Gasteiger charge is -2.42. The van der Waals surface area contributed by atoms with Crippen LogP contribution in [0.3, 0.4) is 0 Å². The fraction of sp³-hybridized carbons (Fsp3) is 0.393. The molecule has 42 heavy (non-hydrogen) atoms. The molecule has 224 valence electrons. The van der Waals surface area contributed by atoms with E-state index in [0.29, 0.717) is 33.7 Å². The number of carbonyl (C=O) groups is 1. The number of aromatic nitrogens is 2. The van der Waals surface area contributed by atoms with Gasteiger partial charge in [-0.25, -0.2) is 27.9 Å². The molecule has 2 aliphatic rings. The highest BCUT2D eigenvalue weighted by atomic mass is 35.5. The molecule has 14 heteroatoms. The number of piperidine rings is 1.